The quantitative estimate of drug-likeness (QED) is 0.812. The first-order valence-electron chi connectivity index (χ1n) is 6.70. The number of hydrogen-bond donors (Lipinski definition) is 1. The molecule has 1 unspecified atom stereocenters. The van der Waals surface area contributed by atoms with Gasteiger partial charge in [-0.05, 0) is 38.0 Å². The fourth-order valence-electron chi connectivity index (χ4n) is 2.32. The Morgan fingerprint density at radius 2 is 1.84 bits per heavy atom. The first-order chi connectivity index (χ1) is 9.11. The highest BCUT2D eigenvalue weighted by atomic mass is 19.1. The molecule has 0 saturated carbocycles. The molecular weight excluding hydrogens is 237 g/mol. The van der Waals surface area contributed by atoms with Crippen molar-refractivity contribution in [3.8, 4) is 0 Å². The minimum absolute atomic E-state index is 0.00241. The van der Waals surface area contributed by atoms with E-state index in [1.54, 1.807) is 6.07 Å². The largest absolute Gasteiger partial charge is 0.378 e. The van der Waals surface area contributed by atoms with Gasteiger partial charge in [0.1, 0.15) is 5.82 Å². The van der Waals surface area contributed by atoms with E-state index in [4.69, 9.17) is 0 Å². The van der Waals surface area contributed by atoms with Gasteiger partial charge in [0.05, 0.1) is 6.04 Å². The molecule has 0 spiro atoms. The van der Waals surface area contributed by atoms with E-state index in [2.05, 4.69) is 44.3 Å². The van der Waals surface area contributed by atoms with Gasteiger partial charge in [0.15, 0.2) is 0 Å². The highest BCUT2D eigenvalue weighted by molar-refractivity contribution is 5.53. The van der Waals surface area contributed by atoms with Crippen LogP contribution in [0.5, 0.6) is 0 Å². The minimum Gasteiger partial charge on any atom is -0.378 e. The molecule has 0 heterocycles. The predicted octanol–water partition coefficient (Wildman–Crippen LogP) is 5.01. The van der Waals surface area contributed by atoms with Crippen molar-refractivity contribution in [3.63, 3.8) is 0 Å². The molecule has 0 amide bonds. The van der Waals surface area contributed by atoms with Crippen LogP contribution < -0.4 is 5.32 Å². The molecule has 0 radical (unpaired) electrons. The van der Waals surface area contributed by atoms with Crippen molar-refractivity contribution in [1.29, 1.82) is 0 Å². The Labute approximate surface area is 114 Å². The normalized spacial score (nSPS) is 12.2. The number of rotatable bonds is 4. The van der Waals surface area contributed by atoms with Gasteiger partial charge in [-0.15, -0.1) is 0 Å². The van der Waals surface area contributed by atoms with E-state index in [0.717, 1.165) is 17.7 Å². The third kappa shape index (κ3) is 3.14. The summed E-state index contributed by atoms with van der Waals surface area (Å²) in [4.78, 5) is 0. The molecule has 1 atom stereocenters. The summed E-state index contributed by atoms with van der Waals surface area (Å²) in [5.41, 5.74) is 4.22. The summed E-state index contributed by atoms with van der Waals surface area (Å²) < 4.78 is 13.9. The number of halogens is 1. The zero-order chi connectivity index (χ0) is 13.8. The van der Waals surface area contributed by atoms with Crippen LogP contribution in [0.2, 0.25) is 0 Å². The van der Waals surface area contributed by atoms with Gasteiger partial charge >= 0.3 is 0 Å². The molecule has 0 aliphatic heterocycles. The maximum Gasteiger partial charge on any atom is 0.128 e. The van der Waals surface area contributed by atoms with Gasteiger partial charge in [-0.2, -0.15) is 0 Å². The van der Waals surface area contributed by atoms with Crippen LogP contribution in [0.3, 0.4) is 0 Å². The lowest BCUT2D eigenvalue weighted by molar-refractivity contribution is 0.587. The Hall–Kier alpha value is -1.83. The van der Waals surface area contributed by atoms with Gasteiger partial charge in [0.2, 0.25) is 0 Å². The van der Waals surface area contributed by atoms with E-state index >= 15 is 0 Å². The summed E-state index contributed by atoms with van der Waals surface area (Å²) in [6, 6.07) is 13.2. The topological polar surface area (TPSA) is 12.0 Å². The van der Waals surface area contributed by atoms with Crippen LogP contribution in [-0.2, 0) is 0 Å². The van der Waals surface area contributed by atoms with Crippen LogP contribution in [-0.4, -0.2) is 0 Å². The summed E-state index contributed by atoms with van der Waals surface area (Å²) >= 11 is 0. The summed E-state index contributed by atoms with van der Waals surface area (Å²) in [5.74, 6) is -0.147. The van der Waals surface area contributed by atoms with Crippen LogP contribution in [0, 0.1) is 19.7 Å². The van der Waals surface area contributed by atoms with Crippen molar-refractivity contribution in [3.05, 3.63) is 65.0 Å². The second-order valence-electron chi connectivity index (χ2n) is 4.95. The zero-order valence-corrected chi connectivity index (χ0v) is 11.7. The van der Waals surface area contributed by atoms with E-state index in [0.29, 0.717) is 0 Å². The summed E-state index contributed by atoms with van der Waals surface area (Å²) in [6.07, 6.45) is 0.842. The average Bonchev–Trinajstić information content (AvgIpc) is 2.39. The van der Waals surface area contributed by atoms with E-state index in [9.17, 15) is 4.39 Å². The average molecular weight is 257 g/mol. The van der Waals surface area contributed by atoms with Gasteiger partial charge in [0.25, 0.3) is 0 Å². The molecule has 0 aromatic heterocycles. The summed E-state index contributed by atoms with van der Waals surface area (Å²) in [5, 5.41) is 3.44. The number of nitrogens with one attached hydrogen (secondary N) is 1. The Morgan fingerprint density at radius 3 is 2.47 bits per heavy atom. The monoisotopic (exact) mass is 257 g/mol. The van der Waals surface area contributed by atoms with Crippen molar-refractivity contribution in [2.45, 2.75) is 33.2 Å². The van der Waals surface area contributed by atoms with Crippen molar-refractivity contribution >= 4 is 5.69 Å². The van der Waals surface area contributed by atoms with Gasteiger partial charge in [-0.25, -0.2) is 4.39 Å². The van der Waals surface area contributed by atoms with Crippen molar-refractivity contribution in [1.82, 2.24) is 0 Å². The van der Waals surface area contributed by atoms with Gasteiger partial charge in [0, 0.05) is 11.3 Å². The first-order valence-corrected chi connectivity index (χ1v) is 6.70. The number of hydrogen-bond acceptors (Lipinski definition) is 1. The van der Waals surface area contributed by atoms with Gasteiger partial charge in [-0.3, -0.25) is 0 Å². The predicted molar refractivity (Wildman–Crippen MR) is 79.0 cm³/mol. The summed E-state index contributed by atoms with van der Waals surface area (Å²) in [7, 11) is 0. The van der Waals surface area contributed by atoms with E-state index in [1.807, 2.05) is 12.1 Å². The van der Waals surface area contributed by atoms with E-state index < -0.39 is 0 Å². The molecule has 0 bridgehead atoms. The zero-order valence-electron chi connectivity index (χ0n) is 11.7. The highest BCUT2D eigenvalue weighted by Crippen LogP contribution is 2.26. The van der Waals surface area contributed by atoms with Crippen molar-refractivity contribution in [2.75, 3.05) is 5.32 Å². The smallest absolute Gasteiger partial charge is 0.128 e. The SMILES string of the molecule is CCC(Nc1ccc(C)cc1C)c1ccccc1F. The van der Waals surface area contributed by atoms with Gasteiger partial charge in [-0.1, -0.05) is 42.8 Å². The minimum atomic E-state index is -0.147. The van der Waals surface area contributed by atoms with E-state index in [1.165, 1.54) is 17.2 Å². The molecular formula is C17H20FN. The maximum atomic E-state index is 13.9. The Bertz CT molecular complexity index is 563. The fourth-order valence-corrected chi connectivity index (χ4v) is 2.32. The lowest BCUT2D eigenvalue weighted by Gasteiger charge is -2.21. The number of benzene rings is 2. The van der Waals surface area contributed by atoms with Crippen LogP contribution in [0.1, 0.15) is 36.1 Å². The van der Waals surface area contributed by atoms with Gasteiger partial charge < -0.3 is 5.32 Å². The lowest BCUT2D eigenvalue weighted by Crippen LogP contribution is -2.12. The first kappa shape index (κ1) is 13.6. The van der Waals surface area contributed by atoms with E-state index in [-0.39, 0.29) is 11.9 Å². The molecule has 100 valence electrons. The molecule has 2 aromatic rings. The fraction of sp³-hybridized carbons (Fsp3) is 0.294. The Balaban J connectivity index is 2.27. The lowest BCUT2D eigenvalue weighted by atomic mass is 10.0. The molecule has 0 aliphatic rings. The number of aryl methyl sites for hydroxylation is 2. The molecule has 2 aromatic carbocycles. The molecule has 19 heavy (non-hydrogen) atoms. The second kappa shape index (κ2) is 5.87. The number of anilines is 1. The molecule has 1 N–H and O–H groups in total. The molecule has 1 nitrogen and oxygen atoms in total. The molecule has 0 saturated heterocycles. The highest BCUT2D eigenvalue weighted by Gasteiger charge is 2.13. The standard InChI is InChI=1S/C17H20FN/c1-4-16(14-7-5-6-8-15(14)18)19-17-10-9-12(2)11-13(17)3/h5-11,16,19H,4H2,1-3H3. The maximum absolute atomic E-state index is 13.9. The third-order valence-electron chi connectivity index (χ3n) is 3.40. The van der Waals surface area contributed by atoms with Crippen molar-refractivity contribution in [2.24, 2.45) is 0 Å². The molecule has 0 aliphatic carbocycles. The van der Waals surface area contributed by atoms with Crippen LogP contribution in [0.15, 0.2) is 42.5 Å². The van der Waals surface area contributed by atoms with Crippen LogP contribution in [0.25, 0.3) is 0 Å². The molecule has 2 heteroatoms. The molecule has 0 fully saturated rings. The second-order valence-corrected chi connectivity index (χ2v) is 4.95. The van der Waals surface area contributed by atoms with Crippen LogP contribution >= 0.6 is 0 Å². The molecule has 2 rings (SSSR count). The Morgan fingerprint density at radius 1 is 1.11 bits per heavy atom. The van der Waals surface area contributed by atoms with Crippen molar-refractivity contribution < 1.29 is 4.39 Å². The Kier molecular flexibility index (Phi) is 4.20. The van der Waals surface area contributed by atoms with Crippen LogP contribution in [0.4, 0.5) is 10.1 Å². The third-order valence-corrected chi connectivity index (χ3v) is 3.40. The summed E-state index contributed by atoms with van der Waals surface area (Å²) in [6.45, 7) is 6.21.